The predicted octanol–water partition coefficient (Wildman–Crippen LogP) is 4.69. The van der Waals surface area contributed by atoms with Crippen molar-refractivity contribution < 1.29 is 13.2 Å². The van der Waals surface area contributed by atoms with E-state index in [9.17, 15) is 13.2 Å². The van der Waals surface area contributed by atoms with Gasteiger partial charge in [-0.25, -0.2) is 8.42 Å². The number of hydrogen-bond donors (Lipinski definition) is 1. The van der Waals surface area contributed by atoms with Crippen molar-refractivity contribution in [2.75, 3.05) is 13.1 Å². The second-order valence-corrected chi connectivity index (χ2v) is 12.0. The summed E-state index contributed by atoms with van der Waals surface area (Å²) < 4.78 is 26.3. The maximum Gasteiger partial charge on any atom is 0.242 e. The number of rotatable bonds is 7. The molecule has 33 heavy (non-hydrogen) atoms. The topological polar surface area (TPSA) is 66.5 Å². The van der Waals surface area contributed by atoms with Gasteiger partial charge in [0, 0.05) is 13.1 Å². The average molecular weight is 469 g/mol. The zero-order valence-corrected chi connectivity index (χ0v) is 20.7. The van der Waals surface area contributed by atoms with Crippen LogP contribution in [0.15, 0.2) is 47.4 Å². The smallest absolute Gasteiger partial charge is 0.242 e. The Morgan fingerprint density at radius 1 is 0.939 bits per heavy atom. The fourth-order valence-electron chi connectivity index (χ4n) is 5.35. The first-order valence-corrected chi connectivity index (χ1v) is 13.7. The molecule has 0 aromatic heterocycles. The van der Waals surface area contributed by atoms with Crippen LogP contribution in [0.2, 0.25) is 0 Å². The van der Waals surface area contributed by atoms with Gasteiger partial charge in [-0.05, 0) is 80.9 Å². The number of piperidine rings is 1. The highest BCUT2D eigenvalue weighted by atomic mass is 32.2. The molecule has 2 aromatic carbocycles. The number of carbonyl (C=O) groups is 1. The highest BCUT2D eigenvalue weighted by Crippen LogP contribution is 2.42. The molecule has 2 fully saturated rings. The van der Waals surface area contributed by atoms with Crippen molar-refractivity contribution in [3.8, 4) is 0 Å². The Labute approximate surface area is 198 Å². The van der Waals surface area contributed by atoms with Gasteiger partial charge in [0.25, 0.3) is 0 Å². The van der Waals surface area contributed by atoms with Crippen LogP contribution in [0.5, 0.6) is 0 Å². The van der Waals surface area contributed by atoms with Crippen LogP contribution in [-0.4, -0.2) is 37.1 Å². The number of aryl methyl sites for hydroxylation is 2. The summed E-state index contributed by atoms with van der Waals surface area (Å²) in [6, 6.07) is 13.6. The first-order chi connectivity index (χ1) is 15.8. The molecule has 1 saturated heterocycles. The minimum Gasteiger partial charge on any atom is -0.351 e. The van der Waals surface area contributed by atoms with E-state index < -0.39 is 14.6 Å². The van der Waals surface area contributed by atoms with Gasteiger partial charge in [-0.2, -0.15) is 0 Å². The monoisotopic (exact) mass is 468 g/mol. The van der Waals surface area contributed by atoms with Crippen LogP contribution in [0, 0.1) is 13.8 Å². The molecule has 2 aliphatic rings. The van der Waals surface area contributed by atoms with Crippen LogP contribution in [-0.2, 0) is 27.7 Å². The van der Waals surface area contributed by atoms with Gasteiger partial charge in [-0.3, -0.25) is 9.69 Å². The first kappa shape index (κ1) is 24.0. The third kappa shape index (κ3) is 4.87. The van der Waals surface area contributed by atoms with Gasteiger partial charge in [0.2, 0.25) is 5.91 Å². The van der Waals surface area contributed by atoms with E-state index in [1.54, 1.807) is 6.07 Å². The van der Waals surface area contributed by atoms with Gasteiger partial charge in [0.15, 0.2) is 14.6 Å². The lowest BCUT2D eigenvalue weighted by molar-refractivity contribution is -0.123. The van der Waals surface area contributed by atoms with Gasteiger partial charge in [-0.1, -0.05) is 55.7 Å². The van der Waals surface area contributed by atoms with E-state index in [2.05, 4.69) is 16.3 Å². The lowest BCUT2D eigenvalue weighted by Gasteiger charge is -2.29. The number of amides is 1. The van der Waals surface area contributed by atoms with Gasteiger partial charge in [0.1, 0.15) is 0 Å². The molecular formula is C27H36N2O3S. The van der Waals surface area contributed by atoms with Crippen molar-refractivity contribution >= 4 is 15.7 Å². The third-order valence-corrected chi connectivity index (χ3v) is 10.0. The first-order valence-electron chi connectivity index (χ1n) is 12.2. The van der Waals surface area contributed by atoms with Gasteiger partial charge in [0.05, 0.1) is 4.90 Å². The molecular weight excluding hydrogens is 432 g/mol. The van der Waals surface area contributed by atoms with E-state index >= 15 is 0 Å². The molecule has 6 heteroatoms. The summed E-state index contributed by atoms with van der Waals surface area (Å²) in [5, 5.41) is 3.03. The maximum atomic E-state index is 13.8. The second kappa shape index (κ2) is 9.98. The Hall–Kier alpha value is -2.18. The average Bonchev–Trinajstić information content (AvgIpc) is 3.33. The summed E-state index contributed by atoms with van der Waals surface area (Å²) in [4.78, 5) is 16.3. The van der Waals surface area contributed by atoms with Crippen LogP contribution < -0.4 is 5.32 Å². The molecule has 1 saturated carbocycles. The van der Waals surface area contributed by atoms with Crippen molar-refractivity contribution in [1.29, 1.82) is 0 Å². The van der Waals surface area contributed by atoms with Crippen molar-refractivity contribution in [1.82, 2.24) is 10.2 Å². The summed E-state index contributed by atoms with van der Waals surface area (Å²) in [5.74, 6) is -0.353. The number of nitrogens with one attached hydrogen (secondary N) is 1. The van der Waals surface area contributed by atoms with Crippen LogP contribution in [0.3, 0.4) is 0 Å². The summed E-state index contributed by atoms with van der Waals surface area (Å²) in [6.07, 6.45) is 6.03. The molecule has 0 spiro atoms. The van der Waals surface area contributed by atoms with Crippen molar-refractivity contribution in [3.63, 3.8) is 0 Å². The normalized spacial score (nSPS) is 18.8. The number of likely N-dealkylation sites (tertiary alicyclic amines) is 1. The fraction of sp³-hybridized carbons (Fsp3) is 0.519. The molecule has 1 N–H and O–H groups in total. The van der Waals surface area contributed by atoms with Crippen molar-refractivity contribution in [2.45, 2.75) is 81.5 Å². The molecule has 1 amide bonds. The van der Waals surface area contributed by atoms with Crippen molar-refractivity contribution in [2.24, 2.45) is 0 Å². The lowest BCUT2D eigenvalue weighted by atomic mass is 10.0. The zero-order valence-electron chi connectivity index (χ0n) is 19.9. The van der Waals surface area contributed by atoms with E-state index in [0.29, 0.717) is 29.8 Å². The Morgan fingerprint density at radius 2 is 1.61 bits per heavy atom. The molecule has 1 heterocycles. The van der Waals surface area contributed by atoms with Crippen LogP contribution >= 0.6 is 0 Å². The highest BCUT2D eigenvalue weighted by molar-refractivity contribution is 7.93. The molecule has 1 aliphatic heterocycles. The standard InChI is InChI=1S/C27H36N2O3S/c1-21-12-13-22(2)25(18-21)33(31,32)27(14-6-7-15-27)26(30)28-19-23-10-4-5-11-24(23)20-29-16-8-3-9-17-29/h4-5,10-13,18H,3,6-9,14-17,19-20H2,1-2H3,(H,28,30). The van der Waals surface area contributed by atoms with Gasteiger partial charge in [-0.15, -0.1) is 0 Å². The predicted molar refractivity (Wildman–Crippen MR) is 132 cm³/mol. The highest BCUT2D eigenvalue weighted by Gasteiger charge is 2.53. The minimum atomic E-state index is -3.81. The molecule has 0 radical (unpaired) electrons. The van der Waals surface area contributed by atoms with E-state index in [0.717, 1.165) is 43.6 Å². The summed E-state index contributed by atoms with van der Waals surface area (Å²) in [6.45, 7) is 7.14. The minimum absolute atomic E-state index is 0.296. The number of sulfone groups is 1. The molecule has 5 nitrogen and oxygen atoms in total. The van der Waals surface area contributed by atoms with Crippen LogP contribution in [0.4, 0.5) is 0 Å². The quantitative estimate of drug-likeness (QED) is 0.640. The summed E-state index contributed by atoms with van der Waals surface area (Å²) in [5.41, 5.74) is 3.86. The molecule has 2 aromatic rings. The SMILES string of the molecule is Cc1ccc(C)c(S(=O)(=O)C2(C(=O)NCc3ccccc3CN3CCCCC3)CCCC2)c1. The molecule has 178 valence electrons. The molecule has 0 bridgehead atoms. The number of carbonyl (C=O) groups excluding carboxylic acids is 1. The Balaban J connectivity index is 1.55. The van der Waals surface area contributed by atoms with Crippen LogP contribution in [0.1, 0.15) is 67.2 Å². The summed E-state index contributed by atoms with van der Waals surface area (Å²) in [7, 11) is -3.81. The van der Waals surface area contributed by atoms with E-state index in [-0.39, 0.29) is 5.91 Å². The van der Waals surface area contributed by atoms with Gasteiger partial charge >= 0.3 is 0 Å². The maximum absolute atomic E-state index is 13.8. The van der Waals surface area contributed by atoms with E-state index in [1.165, 1.54) is 24.8 Å². The lowest BCUT2D eigenvalue weighted by Crippen LogP contribution is -2.50. The number of benzene rings is 2. The molecule has 4 rings (SSSR count). The molecule has 0 unspecified atom stereocenters. The van der Waals surface area contributed by atoms with Crippen molar-refractivity contribution in [3.05, 3.63) is 64.7 Å². The Bertz CT molecular complexity index is 1100. The third-order valence-electron chi connectivity index (χ3n) is 7.37. The van der Waals surface area contributed by atoms with Gasteiger partial charge < -0.3 is 5.32 Å². The van der Waals surface area contributed by atoms with E-state index in [4.69, 9.17) is 0 Å². The second-order valence-electron chi connectivity index (χ2n) is 9.76. The van der Waals surface area contributed by atoms with Crippen LogP contribution in [0.25, 0.3) is 0 Å². The number of nitrogens with zero attached hydrogens (tertiary/aromatic N) is 1. The Morgan fingerprint density at radius 3 is 2.30 bits per heavy atom. The molecule has 1 aliphatic carbocycles. The Kier molecular flexibility index (Phi) is 7.25. The largest absolute Gasteiger partial charge is 0.351 e. The summed E-state index contributed by atoms with van der Waals surface area (Å²) >= 11 is 0. The fourth-order valence-corrected chi connectivity index (χ4v) is 7.75. The molecule has 0 atom stereocenters. The number of hydrogen-bond acceptors (Lipinski definition) is 4. The van der Waals surface area contributed by atoms with E-state index in [1.807, 2.05) is 44.2 Å². The zero-order chi connectivity index (χ0) is 23.5.